The van der Waals surface area contributed by atoms with E-state index in [9.17, 15) is 9.50 Å². The number of hydrogen-bond donors (Lipinski definition) is 1. The number of halogens is 1. The smallest absolute Gasteiger partial charge is 0.165 e. The van der Waals surface area contributed by atoms with Crippen molar-refractivity contribution in [2.24, 2.45) is 0 Å². The molecule has 1 N–H and O–H groups in total. The molecule has 6 heteroatoms. The van der Waals surface area contributed by atoms with Crippen molar-refractivity contribution in [2.75, 3.05) is 38.3 Å². The molecule has 2 aromatic rings. The molecule has 5 nitrogen and oxygen atoms in total. The molecule has 4 rings (SSSR count). The molecular formula is C26H35FN2O3. The molecule has 0 aliphatic carbocycles. The van der Waals surface area contributed by atoms with Crippen LogP contribution in [0.25, 0.3) is 0 Å². The first kappa shape index (κ1) is 22.9. The summed E-state index contributed by atoms with van der Waals surface area (Å²) in [7, 11) is 1.51. The molecule has 0 saturated carbocycles. The van der Waals surface area contributed by atoms with Crippen molar-refractivity contribution in [1.82, 2.24) is 4.90 Å². The lowest BCUT2D eigenvalue weighted by Crippen LogP contribution is -2.56. The Hall–Kier alpha value is -2.31. The first-order valence-electron chi connectivity index (χ1n) is 11.6. The van der Waals surface area contributed by atoms with Crippen LogP contribution in [0, 0.1) is 19.7 Å². The van der Waals surface area contributed by atoms with E-state index < -0.39 is 6.10 Å². The van der Waals surface area contributed by atoms with Crippen molar-refractivity contribution in [3.05, 3.63) is 52.8 Å². The third-order valence-corrected chi connectivity index (χ3v) is 7.06. The predicted octanol–water partition coefficient (Wildman–Crippen LogP) is 4.63. The molecule has 2 saturated heterocycles. The first-order valence-corrected chi connectivity index (χ1v) is 11.6. The van der Waals surface area contributed by atoms with Gasteiger partial charge in [0.25, 0.3) is 0 Å². The fourth-order valence-electron chi connectivity index (χ4n) is 5.21. The quantitative estimate of drug-likeness (QED) is 0.707. The lowest BCUT2D eigenvalue weighted by atomic mass is 9.86. The maximum Gasteiger partial charge on any atom is 0.165 e. The van der Waals surface area contributed by atoms with Gasteiger partial charge in [-0.05, 0) is 74.9 Å². The number of rotatable bonds is 6. The van der Waals surface area contributed by atoms with E-state index in [-0.39, 0.29) is 5.82 Å². The minimum atomic E-state index is -0.481. The molecule has 3 atom stereocenters. The Bertz CT molecular complexity index is 949. The highest BCUT2D eigenvalue weighted by molar-refractivity contribution is 5.52. The first-order chi connectivity index (χ1) is 15.4. The molecule has 32 heavy (non-hydrogen) atoms. The standard InChI is InChI=1S/C26H35FN2O3/c1-17(30)16-32-25-11-9-22(18(2)19(25)3)24-7-5-6-21-15-28(12-13-29(21)24)20-8-10-23(27)26(14-20)31-4/h8-11,14,17,21,24,30H,5-7,12-13,15-16H2,1-4H3/t17?,21?,24-/m1/s1. The highest BCUT2D eigenvalue weighted by Crippen LogP contribution is 2.40. The molecule has 2 aliphatic rings. The number of nitrogens with zero attached hydrogens (tertiary/aromatic N) is 2. The second-order valence-electron chi connectivity index (χ2n) is 9.17. The summed E-state index contributed by atoms with van der Waals surface area (Å²) in [6.07, 6.45) is 3.06. The Balaban J connectivity index is 1.51. The van der Waals surface area contributed by atoms with E-state index in [1.165, 1.54) is 37.1 Å². The summed E-state index contributed by atoms with van der Waals surface area (Å²) in [6.45, 7) is 9.17. The number of aliphatic hydroxyl groups excluding tert-OH is 1. The SMILES string of the molecule is COc1cc(N2CCN3C(CCC[C@@H]3c3ccc(OCC(C)O)c(C)c3C)C2)ccc1F. The molecule has 2 fully saturated rings. The molecule has 0 amide bonds. The summed E-state index contributed by atoms with van der Waals surface area (Å²) < 4.78 is 24.9. The molecule has 0 bridgehead atoms. The number of fused-ring (bicyclic) bond motifs is 1. The average molecular weight is 443 g/mol. The van der Waals surface area contributed by atoms with E-state index in [2.05, 4.69) is 35.8 Å². The number of hydrogen-bond acceptors (Lipinski definition) is 5. The van der Waals surface area contributed by atoms with Crippen LogP contribution in [-0.2, 0) is 0 Å². The van der Waals surface area contributed by atoms with E-state index in [0.717, 1.165) is 43.1 Å². The van der Waals surface area contributed by atoms with Gasteiger partial charge in [-0.15, -0.1) is 0 Å². The Kier molecular flexibility index (Phi) is 6.91. The van der Waals surface area contributed by atoms with Gasteiger partial charge in [-0.1, -0.05) is 6.07 Å². The normalized spacial score (nSPS) is 22.4. The Morgan fingerprint density at radius 1 is 1.09 bits per heavy atom. The van der Waals surface area contributed by atoms with Crippen LogP contribution in [0.15, 0.2) is 30.3 Å². The van der Waals surface area contributed by atoms with Gasteiger partial charge in [-0.3, -0.25) is 4.90 Å². The molecule has 2 aliphatic heterocycles. The second kappa shape index (κ2) is 9.67. The van der Waals surface area contributed by atoms with E-state index in [1.54, 1.807) is 6.92 Å². The fourth-order valence-corrected chi connectivity index (χ4v) is 5.21. The fraction of sp³-hybridized carbons (Fsp3) is 0.538. The van der Waals surface area contributed by atoms with Crippen molar-refractivity contribution >= 4 is 5.69 Å². The minimum Gasteiger partial charge on any atom is -0.494 e. The van der Waals surface area contributed by atoms with Crippen molar-refractivity contribution in [2.45, 2.75) is 58.2 Å². The molecular weight excluding hydrogens is 407 g/mol. The zero-order chi connectivity index (χ0) is 22.8. The number of benzene rings is 2. The van der Waals surface area contributed by atoms with Crippen LogP contribution < -0.4 is 14.4 Å². The van der Waals surface area contributed by atoms with Gasteiger partial charge >= 0.3 is 0 Å². The van der Waals surface area contributed by atoms with Crippen LogP contribution >= 0.6 is 0 Å². The summed E-state index contributed by atoms with van der Waals surface area (Å²) in [4.78, 5) is 5.02. The Labute approximate surface area is 190 Å². The zero-order valence-electron chi connectivity index (χ0n) is 19.6. The van der Waals surface area contributed by atoms with Crippen molar-refractivity contribution in [1.29, 1.82) is 0 Å². The summed E-state index contributed by atoms with van der Waals surface area (Å²) in [5.74, 6) is 0.837. The topological polar surface area (TPSA) is 45.2 Å². The van der Waals surface area contributed by atoms with E-state index in [4.69, 9.17) is 9.47 Å². The monoisotopic (exact) mass is 442 g/mol. The maximum absolute atomic E-state index is 13.9. The van der Waals surface area contributed by atoms with Gasteiger partial charge in [0.2, 0.25) is 0 Å². The van der Waals surface area contributed by atoms with Crippen molar-refractivity contribution in [3.63, 3.8) is 0 Å². The van der Waals surface area contributed by atoms with Crippen LogP contribution in [0.4, 0.5) is 10.1 Å². The molecule has 2 aromatic carbocycles. The Morgan fingerprint density at radius 3 is 2.66 bits per heavy atom. The van der Waals surface area contributed by atoms with Crippen LogP contribution in [-0.4, -0.2) is 55.5 Å². The minimum absolute atomic E-state index is 0.301. The third-order valence-electron chi connectivity index (χ3n) is 7.06. The summed E-state index contributed by atoms with van der Waals surface area (Å²) >= 11 is 0. The van der Waals surface area contributed by atoms with Crippen LogP contribution in [0.2, 0.25) is 0 Å². The number of methoxy groups -OCH3 is 1. The number of ether oxygens (including phenoxy) is 2. The maximum atomic E-state index is 13.9. The third kappa shape index (κ3) is 4.57. The van der Waals surface area contributed by atoms with Crippen molar-refractivity contribution in [3.8, 4) is 11.5 Å². The zero-order valence-corrected chi connectivity index (χ0v) is 19.6. The van der Waals surface area contributed by atoms with Crippen molar-refractivity contribution < 1.29 is 19.0 Å². The average Bonchev–Trinajstić information content (AvgIpc) is 2.79. The van der Waals surface area contributed by atoms with Gasteiger partial charge in [0, 0.05) is 43.5 Å². The highest BCUT2D eigenvalue weighted by Gasteiger charge is 2.36. The molecule has 2 unspecified atom stereocenters. The van der Waals surface area contributed by atoms with Gasteiger partial charge in [0.1, 0.15) is 12.4 Å². The number of piperidine rings is 1. The Morgan fingerprint density at radius 2 is 1.91 bits per heavy atom. The van der Waals surface area contributed by atoms with Gasteiger partial charge in [0.05, 0.1) is 13.2 Å². The summed E-state index contributed by atoms with van der Waals surface area (Å²) in [6, 6.07) is 10.3. The van der Waals surface area contributed by atoms with E-state index in [0.29, 0.717) is 24.4 Å². The molecule has 0 radical (unpaired) electrons. The van der Waals surface area contributed by atoms with Crippen LogP contribution in [0.5, 0.6) is 11.5 Å². The highest BCUT2D eigenvalue weighted by atomic mass is 19.1. The predicted molar refractivity (Wildman–Crippen MR) is 125 cm³/mol. The molecule has 2 heterocycles. The van der Waals surface area contributed by atoms with Crippen LogP contribution in [0.3, 0.4) is 0 Å². The lowest BCUT2D eigenvalue weighted by molar-refractivity contribution is 0.0712. The lowest BCUT2D eigenvalue weighted by Gasteiger charge is -2.49. The largest absolute Gasteiger partial charge is 0.494 e. The number of aliphatic hydroxyl groups is 1. The second-order valence-corrected chi connectivity index (χ2v) is 9.17. The van der Waals surface area contributed by atoms with Gasteiger partial charge < -0.3 is 19.5 Å². The van der Waals surface area contributed by atoms with Crippen LogP contribution in [0.1, 0.15) is 48.9 Å². The summed E-state index contributed by atoms with van der Waals surface area (Å²) in [5, 5.41) is 9.55. The van der Waals surface area contributed by atoms with Gasteiger partial charge in [-0.2, -0.15) is 0 Å². The molecule has 174 valence electrons. The number of anilines is 1. The van der Waals surface area contributed by atoms with Gasteiger partial charge in [0.15, 0.2) is 11.6 Å². The molecule has 0 aromatic heterocycles. The van der Waals surface area contributed by atoms with E-state index in [1.807, 2.05) is 12.1 Å². The van der Waals surface area contributed by atoms with E-state index >= 15 is 0 Å². The molecule has 0 spiro atoms. The number of piperazine rings is 1. The van der Waals surface area contributed by atoms with Gasteiger partial charge in [-0.25, -0.2) is 4.39 Å². The summed E-state index contributed by atoms with van der Waals surface area (Å²) in [5.41, 5.74) is 4.84.